The van der Waals surface area contributed by atoms with Crippen LogP contribution in [0.5, 0.6) is 11.5 Å². The zero-order valence-electron chi connectivity index (χ0n) is 12.6. The van der Waals surface area contributed by atoms with Gasteiger partial charge in [0, 0.05) is 17.3 Å². The van der Waals surface area contributed by atoms with E-state index in [2.05, 4.69) is 10.1 Å². The van der Waals surface area contributed by atoms with Crippen molar-refractivity contribution in [2.24, 2.45) is 0 Å². The molecule has 2 aromatic carbocycles. The van der Waals surface area contributed by atoms with Crippen molar-refractivity contribution in [3.63, 3.8) is 0 Å². The molecule has 0 aromatic heterocycles. The van der Waals surface area contributed by atoms with E-state index in [9.17, 15) is 23.4 Å². The summed E-state index contributed by atoms with van der Waals surface area (Å²) in [5, 5.41) is 23.4. The van der Waals surface area contributed by atoms with E-state index in [-0.39, 0.29) is 17.1 Å². The van der Waals surface area contributed by atoms with Gasteiger partial charge in [0.05, 0.1) is 11.8 Å². The molecule has 0 radical (unpaired) electrons. The average molecular weight is 349 g/mol. The Morgan fingerprint density at radius 1 is 1.17 bits per heavy atom. The molecule has 2 aromatic rings. The molecule has 9 heteroatoms. The van der Waals surface area contributed by atoms with Gasteiger partial charge in [-0.05, 0) is 24.3 Å². The lowest BCUT2D eigenvalue weighted by atomic mass is 10.0. The maximum atomic E-state index is 12.7. The number of fused-ring (bicyclic) bond motifs is 1. The molecule has 0 unspecified atom stereocenters. The van der Waals surface area contributed by atoms with Crippen molar-refractivity contribution >= 4 is 21.6 Å². The molecular formula is C15H15N3O5S. The normalized spacial score (nSPS) is 17.3. The third-order valence-corrected chi connectivity index (χ3v) is 4.03. The van der Waals surface area contributed by atoms with Crippen molar-refractivity contribution in [2.75, 3.05) is 11.6 Å². The van der Waals surface area contributed by atoms with Crippen LogP contribution < -0.4 is 10.1 Å². The number of hydrazine groups is 1. The Balaban J connectivity index is 2.12. The third kappa shape index (κ3) is 2.99. The van der Waals surface area contributed by atoms with Gasteiger partial charge in [-0.3, -0.25) is 4.79 Å². The lowest BCUT2D eigenvalue weighted by Crippen LogP contribution is -2.52. The molecule has 1 amide bonds. The first-order chi connectivity index (χ1) is 11.3. The Kier molecular flexibility index (Phi) is 3.82. The highest BCUT2D eigenvalue weighted by molar-refractivity contribution is 7.88. The summed E-state index contributed by atoms with van der Waals surface area (Å²) in [4.78, 5) is 14.8. The Morgan fingerprint density at radius 2 is 1.88 bits per heavy atom. The Morgan fingerprint density at radius 3 is 2.54 bits per heavy atom. The summed E-state index contributed by atoms with van der Waals surface area (Å²) in [5.41, 5.74) is 1.03. The van der Waals surface area contributed by atoms with Crippen LogP contribution in [0, 0.1) is 0 Å². The SMILES string of the molecule is CS(=O)(=O)NN1C(=O)c2ccccc2N[C@@H]1c1ccc(O)cc1O. The first kappa shape index (κ1) is 16.1. The molecule has 126 valence electrons. The lowest BCUT2D eigenvalue weighted by molar-refractivity contribution is 0.0631. The van der Waals surface area contributed by atoms with Crippen LogP contribution in [0.15, 0.2) is 42.5 Å². The summed E-state index contributed by atoms with van der Waals surface area (Å²) in [6.45, 7) is 0. The van der Waals surface area contributed by atoms with Gasteiger partial charge in [0.2, 0.25) is 10.0 Å². The molecule has 1 atom stereocenters. The summed E-state index contributed by atoms with van der Waals surface area (Å²) in [6.07, 6.45) is -0.0585. The molecule has 24 heavy (non-hydrogen) atoms. The fourth-order valence-corrected chi connectivity index (χ4v) is 3.05. The largest absolute Gasteiger partial charge is 0.508 e. The van der Waals surface area contributed by atoms with Crippen LogP contribution >= 0.6 is 0 Å². The van der Waals surface area contributed by atoms with Crippen molar-refractivity contribution in [3.8, 4) is 11.5 Å². The minimum atomic E-state index is -3.74. The minimum Gasteiger partial charge on any atom is -0.508 e. The molecule has 8 nitrogen and oxygen atoms in total. The first-order valence-corrected chi connectivity index (χ1v) is 8.84. The van der Waals surface area contributed by atoms with Crippen LogP contribution in [0.3, 0.4) is 0 Å². The second kappa shape index (κ2) is 5.69. The Labute approximate surface area is 138 Å². The summed E-state index contributed by atoms with van der Waals surface area (Å²) >= 11 is 0. The molecule has 0 saturated heterocycles. The van der Waals surface area contributed by atoms with Crippen LogP contribution in [0.1, 0.15) is 22.1 Å². The monoisotopic (exact) mass is 349 g/mol. The number of carbonyl (C=O) groups excluding carboxylic acids is 1. The maximum absolute atomic E-state index is 12.7. The molecular weight excluding hydrogens is 334 g/mol. The first-order valence-electron chi connectivity index (χ1n) is 6.95. The van der Waals surface area contributed by atoms with Gasteiger partial charge in [-0.25, -0.2) is 13.4 Å². The van der Waals surface area contributed by atoms with E-state index in [0.717, 1.165) is 17.3 Å². The summed E-state index contributed by atoms with van der Waals surface area (Å²) in [6, 6.07) is 10.5. The topological polar surface area (TPSA) is 119 Å². The maximum Gasteiger partial charge on any atom is 0.273 e. The quantitative estimate of drug-likeness (QED) is 0.659. The average Bonchev–Trinajstić information content (AvgIpc) is 2.49. The molecule has 4 N–H and O–H groups in total. The molecule has 1 heterocycles. The molecule has 0 bridgehead atoms. The van der Waals surface area contributed by atoms with E-state index < -0.39 is 22.1 Å². The van der Waals surface area contributed by atoms with Gasteiger partial charge in [-0.15, -0.1) is 4.83 Å². The fourth-order valence-electron chi connectivity index (χ4n) is 2.51. The summed E-state index contributed by atoms with van der Waals surface area (Å²) in [7, 11) is -3.74. The predicted octanol–water partition coefficient (Wildman–Crippen LogP) is 1.13. The van der Waals surface area contributed by atoms with E-state index in [1.54, 1.807) is 24.3 Å². The molecule has 1 aliphatic rings. The van der Waals surface area contributed by atoms with Crippen molar-refractivity contribution < 1.29 is 23.4 Å². The van der Waals surface area contributed by atoms with Crippen LogP contribution in [0.2, 0.25) is 0 Å². The number of aromatic hydroxyl groups is 2. The summed E-state index contributed by atoms with van der Waals surface area (Å²) < 4.78 is 23.3. The number of phenolic OH excluding ortho intramolecular Hbond substituents is 2. The van der Waals surface area contributed by atoms with Crippen LogP contribution in [0.4, 0.5) is 5.69 Å². The van der Waals surface area contributed by atoms with Crippen LogP contribution in [0.25, 0.3) is 0 Å². The number of hydrogen-bond donors (Lipinski definition) is 4. The van der Waals surface area contributed by atoms with Gasteiger partial charge in [0.1, 0.15) is 17.7 Å². The zero-order chi connectivity index (χ0) is 17.5. The van der Waals surface area contributed by atoms with E-state index in [0.29, 0.717) is 11.3 Å². The molecule has 3 rings (SSSR count). The number of para-hydroxylation sites is 1. The second-order valence-electron chi connectivity index (χ2n) is 5.37. The van der Waals surface area contributed by atoms with Gasteiger partial charge < -0.3 is 15.5 Å². The molecule has 0 aliphatic carbocycles. The number of anilines is 1. The number of benzene rings is 2. The second-order valence-corrected chi connectivity index (χ2v) is 7.10. The third-order valence-electron chi connectivity index (χ3n) is 3.50. The number of phenols is 2. The van der Waals surface area contributed by atoms with Gasteiger partial charge >= 0.3 is 0 Å². The number of carbonyl (C=O) groups is 1. The highest BCUT2D eigenvalue weighted by Gasteiger charge is 2.36. The number of nitrogens with zero attached hydrogens (tertiary/aromatic N) is 1. The highest BCUT2D eigenvalue weighted by atomic mass is 32.2. The summed E-state index contributed by atoms with van der Waals surface area (Å²) in [5.74, 6) is -0.992. The van der Waals surface area contributed by atoms with E-state index in [1.807, 2.05) is 0 Å². The highest BCUT2D eigenvalue weighted by Crippen LogP contribution is 2.36. The number of rotatable bonds is 3. The smallest absolute Gasteiger partial charge is 0.273 e. The number of hydrogen-bond acceptors (Lipinski definition) is 6. The molecule has 0 saturated carbocycles. The van der Waals surface area contributed by atoms with Crippen molar-refractivity contribution in [1.29, 1.82) is 0 Å². The Hall–Kier alpha value is -2.78. The van der Waals surface area contributed by atoms with Crippen molar-refractivity contribution in [3.05, 3.63) is 53.6 Å². The van der Waals surface area contributed by atoms with E-state index in [4.69, 9.17) is 0 Å². The fraction of sp³-hybridized carbons (Fsp3) is 0.133. The number of sulfonamides is 1. The van der Waals surface area contributed by atoms with Gasteiger partial charge in [-0.2, -0.15) is 0 Å². The standard InChI is InChI=1S/C15H15N3O5S/c1-24(22,23)17-18-14(11-7-6-9(19)8-13(11)20)16-12-5-3-2-4-10(12)15(18)21/h2-8,14,16-17,19-20H,1H3/t14-/m0/s1. The van der Waals surface area contributed by atoms with E-state index >= 15 is 0 Å². The molecule has 0 fully saturated rings. The van der Waals surface area contributed by atoms with Crippen LogP contribution in [-0.4, -0.2) is 35.8 Å². The molecule has 0 spiro atoms. The molecule has 1 aliphatic heterocycles. The van der Waals surface area contributed by atoms with Crippen molar-refractivity contribution in [1.82, 2.24) is 9.84 Å². The zero-order valence-corrected chi connectivity index (χ0v) is 13.4. The lowest BCUT2D eigenvalue weighted by Gasteiger charge is -2.37. The number of amides is 1. The Bertz CT molecular complexity index is 913. The van der Waals surface area contributed by atoms with E-state index in [1.165, 1.54) is 12.1 Å². The van der Waals surface area contributed by atoms with Gasteiger partial charge in [-0.1, -0.05) is 12.1 Å². The minimum absolute atomic E-state index is 0.151. The van der Waals surface area contributed by atoms with Gasteiger partial charge in [0.15, 0.2) is 0 Å². The number of nitrogens with one attached hydrogen (secondary N) is 2. The van der Waals surface area contributed by atoms with Crippen molar-refractivity contribution in [2.45, 2.75) is 6.17 Å². The predicted molar refractivity (Wildman–Crippen MR) is 86.7 cm³/mol. The van der Waals surface area contributed by atoms with Crippen LogP contribution in [-0.2, 0) is 10.0 Å². The van der Waals surface area contributed by atoms with Gasteiger partial charge in [0.25, 0.3) is 5.91 Å².